The molecule has 1 aromatic carbocycles. The Balaban J connectivity index is 2.54. The number of benzene rings is 1. The summed E-state index contributed by atoms with van der Waals surface area (Å²) in [5.74, 6) is 0. The zero-order chi connectivity index (χ0) is 11.5. The Labute approximate surface area is 96.1 Å². The maximum Gasteiger partial charge on any atom is 0.120 e. The normalized spacial score (nSPS) is 18.8. The van der Waals surface area contributed by atoms with Gasteiger partial charge in [0.1, 0.15) is 6.17 Å². The van der Waals surface area contributed by atoms with E-state index in [4.69, 9.17) is 0 Å². The Kier molecular flexibility index (Phi) is 3.01. The summed E-state index contributed by atoms with van der Waals surface area (Å²) in [7, 11) is 5.82. The van der Waals surface area contributed by atoms with Gasteiger partial charge in [-0.05, 0) is 13.1 Å². The molecule has 0 aliphatic carbocycles. The summed E-state index contributed by atoms with van der Waals surface area (Å²) >= 11 is 0. The summed E-state index contributed by atoms with van der Waals surface area (Å²) in [6.07, 6.45) is 0.113. The van der Waals surface area contributed by atoms with Crippen LogP contribution in [0.25, 0.3) is 5.70 Å². The van der Waals surface area contributed by atoms with Crippen molar-refractivity contribution in [3.8, 4) is 0 Å². The highest BCUT2D eigenvalue weighted by atomic mass is 15.2. The number of hydrogen-bond donors (Lipinski definition) is 4. The second-order valence-corrected chi connectivity index (χ2v) is 3.70. The Morgan fingerprint density at radius 2 is 1.81 bits per heavy atom. The van der Waals surface area contributed by atoms with E-state index in [9.17, 15) is 0 Å². The third-order valence-electron chi connectivity index (χ3n) is 2.86. The molecule has 4 N–H and O–H groups in total. The van der Waals surface area contributed by atoms with Crippen molar-refractivity contribution in [2.24, 2.45) is 0 Å². The third-order valence-corrected chi connectivity index (χ3v) is 2.86. The van der Waals surface area contributed by atoms with Crippen LogP contribution in [0.2, 0.25) is 0 Å². The summed E-state index contributed by atoms with van der Waals surface area (Å²) < 4.78 is 0. The first kappa shape index (κ1) is 10.8. The molecule has 1 aromatic rings. The van der Waals surface area contributed by atoms with Crippen LogP contribution in [0, 0.1) is 0 Å². The van der Waals surface area contributed by atoms with Gasteiger partial charge in [-0.2, -0.15) is 0 Å². The van der Waals surface area contributed by atoms with Gasteiger partial charge in [0.2, 0.25) is 0 Å². The summed E-state index contributed by atoms with van der Waals surface area (Å²) in [5, 5.41) is 13.2. The van der Waals surface area contributed by atoms with E-state index in [0.29, 0.717) is 0 Å². The van der Waals surface area contributed by atoms with Crippen molar-refractivity contribution in [2.75, 3.05) is 26.5 Å². The van der Waals surface area contributed by atoms with Crippen LogP contribution >= 0.6 is 0 Å². The predicted molar refractivity (Wildman–Crippen MR) is 68.0 cm³/mol. The molecule has 16 heavy (non-hydrogen) atoms. The van der Waals surface area contributed by atoms with Crippen LogP contribution in [0.15, 0.2) is 30.0 Å². The minimum Gasteiger partial charge on any atom is -0.387 e. The monoisotopic (exact) mass is 218 g/mol. The maximum absolute atomic E-state index is 3.44. The molecule has 4 heteroatoms. The molecule has 1 unspecified atom stereocenters. The van der Waals surface area contributed by atoms with Gasteiger partial charge in [-0.25, -0.2) is 0 Å². The van der Waals surface area contributed by atoms with Crippen LogP contribution in [0.1, 0.15) is 5.56 Å². The lowest BCUT2D eigenvalue weighted by atomic mass is 10.0. The molecular weight excluding hydrogens is 200 g/mol. The van der Waals surface area contributed by atoms with Crippen molar-refractivity contribution in [3.63, 3.8) is 0 Å². The number of rotatable bonds is 3. The van der Waals surface area contributed by atoms with E-state index in [1.54, 1.807) is 0 Å². The molecule has 1 heterocycles. The van der Waals surface area contributed by atoms with E-state index in [2.05, 4.69) is 33.4 Å². The van der Waals surface area contributed by atoms with Crippen molar-refractivity contribution in [1.82, 2.24) is 16.0 Å². The average Bonchev–Trinajstić information content (AvgIpc) is 2.36. The molecule has 86 valence electrons. The van der Waals surface area contributed by atoms with Gasteiger partial charge in [-0.1, -0.05) is 18.2 Å². The Bertz CT molecular complexity index is 411. The van der Waals surface area contributed by atoms with Crippen molar-refractivity contribution in [1.29, 1.82) is 0 Å². The molecule has 1 atom stereocenters. The summed E-state index contributed by atoms with van der Waals surface area (Å²) in [6.45, 7) is 0. The van der Waals surface area contributed by atoms with E-state index in [1.807, 2.05) is 33.3 Å². The van der Waals surface area contributed by atoms with E-state index in [-0.39, 0.29) is 6.17 Å². The van der Waals surface area contributed by atoms with E-state index in [1.165, 1.54) is 5.56 Å². The van der Waals surface area contributed by atoms with Gasteiger partial charge in [0.05, 0.1) is 11.4 Å². The first-order chi connectivity index (χ1) is 7.81. The van der Waals surface area contributed by atoms with Crippen molar-refractivity contribution < 1.29 is 0 Å². The first-order valence-corrected chi connectivity index (χ1v) is 5.44. The minimum absolute atomic E-state index is 0.113. The van der Waals surface area contributed by atoms with Crippen molar-refractivity contribution in [3.05, 3.63) is 35.5 Å². The number of nitrogens with one attached hydrogen (secondary N) is 4. The highest BCUT2D eigenvalue weighted by Gasteiger charge is 2.23. The van der Waals surface area contributed by atoms with Gasteiger partial charge in [0.25, 0.3) is 0 Å². The number of hydrogen-bond acceptors (Lipinski definition) is 4. The Morgan fingerprint density at radius 3 is 2.44 bits per heavy atom. The molecule has 1 aliphatic rings. The van der Waals surface area contributed by atoms with Gasteiger partial charge in [0.15, 0.2) is 0 Å². The smallest absolute Gasteiger partial charge is 0.120 e. The molecule has 2 rings (SSSR count). The molecule has 4 nitrogen and oxygen atoms in total. The third kappa shape index (κ3) is 1.61. The van der Waals surface area contributed by atoms with E-state index in [0.717, 1.165) is 17.1 Å². The lowest BCUT2D eigenvalue weighted by molar-refractivity contribution is 0.655. The molecule has 0 saturated heterocycles. The summed E-state index contributed by atoms with van der Waals surface area (Å²) in [6, 6.07) is 8.28. The zero-order valence-corrected chi connectivity index (χ0v) is 9.89. The van der Waals surface area contributed by atoms with Crippen LogP contribution in [0.3, 0.4) is 0 Å². The fraction of sp³-hybridized carbons (Fsp3) is 0.333. The van der Waals surface area contributed by atoms with Crippen molar-refractivity contribution >= 4 is 11.4 Å². The minimum atomic E-state index is 0.113. The molecule has 0 fully saturated rings. The Morgan fingerprint density at radius 1 is 1.06 bits per heavy atom. The number of para-hydroxylation sites is 1. The fourth-order valence-corrected chi connectivity index (χ4v) is 2.10. The summed E-state index contributed by atoms with van der Waals surface area (Å²) in [5.41, 5.74) is 4.60. The molecule has 0 radical (unpaired) electrons. The molecule has 0 spiro atoms. The van der Waals surface area contributed by atoms with E-state index >= 15 is 0 Å². The van der Waals surface area contributed by atoms with Gasteiger partial charge < -0.3 is 16.0 Å². The topological polar surface area (TPSA) is 48.1 Å². The van der Waals surface area contributed by atoms with Crippen LogP contribution in [-0.4, -0.2) is 27.3 Å². The second kappa shape index (κ2) is 4.45. The van der Waals surface area contributed by atoms with Gasteiger partial charge in [0, 0.05) is 25.3 Å². The highest BCUT2D eigenvalue weighted by molar-refractivity contribution is 5.81. The maximum atomic E-state index is 3.44. The fourth-order valence-electron chi connectivity index (χ4n) is 2.10. The average molecular weight is 218 g/mol. The van der Waals surface area contributed by atoms with E-state index < -0.39 is 0 Å². The molecule has 0 saturated carbocycles. The predicted octanol–water partition coefficient (Wildman–Crippen LogP) is 0.765. The lowest BCUT2D eigenvalue weighted by Gasteiger charge is -2.31. The Hall–Kier alpha value is -1.68. The molecule has 0 bridgehead atoms. The largest absolute Gasteiger partial charge is 0.387 e. The molecule has 1 aliphatic heterocycles. The van der Waals surface area contributed by atoms with Crippen molar-refractivity contribution in [2.45, 2.75) is 6.17 Å². The number of anilines is 1. The van der Waals surface area contributed by atoms with Crippen LogP contribution in [0.5, 0.6) is 0 Å². The number of fused-ring (bicyclic) bond motifs is 1. The summed E-state index contributed by atoms with van der Waals surface area (Å²) in [4.78, 5) is 0. The van der Waals surface area contributed by atoms with Crippen LogP contribution in [0.4, 0.5) is 5.69 Å². The second-order valence-electron chi connectivity index (χ2n) is 3.70. The van der Waals surface area contributed by atoms with Crippen LogP contribution < -0.4 is 21.3 Å². The number of likely N-dealkylation sites (N-methyl/N-ethyl adjacent to an activating group) is 2. The highest BCUT2D eigenvalue weighted by Crippen LogP contribution is 2.29. The molecule has 0 amide bonds. The van der Waals surface area contributed by atoms with Gasteiger partial charge >= 0.3 is 0 Å². The molecular formula is C12H18N4. The zero-order valence-electron chi connectivity index (χ0n) is 9.89. The van der Waals surface area contributed by atoms with Gasteiger partial charge in [-0.3, -0.25) is 5.32 Å². The SMILES string of the molecule is CNC1=C(NC)C(NC)Nc2ccccc21. The van der Waals surface area contributed by atoms with Gasteiger partial charge in [-0.15, -0.1) is 0 Å². The standard InChI is InChI=1S/C12H18N4/c1-13-10-8-6-4-5-7-9(8)16-12(15-3)11(10)14-2/h4-7,12-16H,1-3H3. The van der Waals surface area contributed by atoms with Crippen LogP contribution in [-0.2, 0) is 0 Å². The molecule has 0 aromatic heterocycles. The lowest BCUT2D eigenvalue weighted by Crippen LogP contribution is -2.43. The first-order valence-electron chi connectivity index (χ1n) is 5.44. The quantitative estimate of drug-likeness (QED) is 0.605.